The summed E-state index contributed by atoms with van der Waals surface area (Å²) < 4.78 is 6.14. The van der Waals surface area contributed by atoms with E-state index in [1.54, 1.807) is 0 Å². The van der Waals surface area contributed by atoms with Crippen LogP contribution in [-0.2, 0) is 10.3 Å². The first kappa shape index (κ1) is 18.1. The van der Waals surface area contributed by atoms with Gasteiger partial charge in [0.05, 0.1) is 0 Å². The highest BCUT2D eigenvalue weighted by molar-refractivity contribution is 5.36. The largest absolute Gasteiger partial charge is 0.396 e. The van der Waals surface area contributed by atoms with Crippen molar-refractivity contribution in [3.05, 3.63) is 81.9 Å². The van der Waals surface area contributed by atoms with E-state index in [1.165, 1.54) is 0 Å². The third kappa shape index (κ3) is 4.63. The molecule has 0 aliphatic heterocycles. The molecule has 0 spiro atoms. The van der Waals surface area contributed by atoms with Crippen molar-refractivity contribution in [2.24, 2.45) is 0 Å². The number of hydrogen-bond donors (Lipinski definition) is 1. The molecule has 0 heterocycles. The van der Waals surface area contributed by atoms with E-state index >= 15 is 0 Å². The minimum Gasteiger partial charge on any atom is -0.396 e. The van der Waals surface area contributed by atoms with Crippen LogP contribution in [0, 0.1) is 10.1 Å². The summed E-state index contributed by atoms with van der Waals surface area (Å²) in [5.74, 6) is 0. The lowest BCUT2D eigenvalue weighted by Gasteiger charge is -2.31. The van der Waals surface area contributed by atoms with Gasteiger partial charge in [-0.25, -0.2) is 0 Å². The van der Waals surface area contributed by atoms with Gasteiger partial charge in [-0.2, -0.15) is 0 Å². The zero-order valence-electron chi connectivity index (χ0n) is 13.6. The highest BCUT2D eigenvalue weighted by Gasteiger charge is 2.40. The molecule has 128 valence electrons. The number of rotatable bonds is 10. The standard InChI is InChI=1S/C19H23NO4/c21-14-8-3-9-15-24-19(16-20(22)23,17-10-4-1-5-11-17)18-12-6-2-7-13-18/h1-2,4-7,10-13,21H,3,8-9,14-16H2. The summed E-state index contributed by atoms with van der Waals surface area (Å²) in [6.45, 7) is 0.218. The minimum absolute atomic E-state index is 0.150. The lowest BCUT2D eigenvalue weighted by atomic mass is 9.86. The van der Waals surface area contributed by atoms with E-state index in [0.717, 1.165) is 24.0 Å². The number of ether oxygens (including phenoxy) is 1. The molecule has 0 fully saturated rings. The molecule has 24 heavy (non-hydrogen) atoms. The van der Waals surface area contributed by atoms with Gasteiger partial charge in [0, 0.05) is 18.1 Å². The van der Waals surface area contributed by atoms with Crippen LogP contribution in [0.25, 0.3) is 0 Å². The van der Waals surface area contributed by atoms with Crippen molar-refractivity contribution < 1.29 is 14.8 Å². The normalized spacial score (nSPS) is 11.4. The average molecular weight is 329 g/mol. The minimum atomic E-state index is -1.11. The molecule has 0 atom stereocenters. The zero-order chi connectivity index (χ0) is 17.3. The molecule has 0 saturated heterocycles. The van der Waals surface area contributed by atoms with Gasteiger partial charge in [-0.3, -0.25) is 10.1 Å². The predicted molar refractivity (Wildman–Crippen MR) is 92.4 cm³/mol. The van der Waals surface area contributed by atoms with Gasteiger partial charge in [-0.1, -0.05) is 60.7 Å². The predicted octanol–water partition coefficient (Wildman–Crippen LogP) is 3.39. The van der Waals surface area contributed by atoms with E-state index in [9.17, 15) is 10.1 Å². The summed E-state index contributed by atoms with van der Waals surface area (Å²) in [6.07, 6.45) is 2.29. The Hall–Kier alpha value is -2.24. The molecule has 5 heteroatoms. The Kier molecular flexibility index (Phi) is 6.90. The molecule has 5 nitrogen and oxygen atoms in total. The summed E-state index contributed by atoms with van der Waals surface area (Å²) >= 11 is 0. The van der Waals surface area contributed by atoms with Gasteiger partial charge in [-0.05, 0) is 30.4 Å². The van der Waals surface area contributed by atoms with Crippen LogP contribution in [0.1, 0.15) is 30.4 Å². The molecule has 0 bridgehead atoms. The van der Waals surface area contributed by atoms with Crippen molar-refractivity contribution in [3.8, 4) is 0 Å². The second-order valence-electron chi connectivity index (χ2n) is 5.68. The molecule has 1 N–H and O–H groups in total. The number of benzene rings is 2. The molecule has 0 aliphatic rings. The van der Waals surface area contributed by atoms with E-state index in [0.29, 0.717) is 13.0 Å². The first-order chi connectivity index (χ1) is 11.7. The Labute approximate surface area is 142 Å². The molecule has 0 unspecified atom stereocenters. The quantitative estimate of drug-likeness (QED) is 0.412. The third-order valence-corrected chi connectivity index (χ3v) is 3.98. The lowest BCUT2D eigenvalue weighted by molar-refractivity contribution is -0.501. The van der Waals surface area contributed by atoms with Gasteiger partial charge in [0.15, 0.2) is 5.60 Å². The van der Waals surface area contributed by atoms with Gasteiger partial charge in [-0.15, -0.1) is 0 Å². The Morgan fingerprint density at radius 3 is 1.92 bits per heavy atom. The van der Waals surface area contributed by atoms with Gasteiger partial charge < -0.3 is 9.84 Å². The molecular weight excluding hydrogens is 306 g/mol. The van der Waals surface area contributed by atoms with Crippen LogP contribution in [-0.4, -0.2) is 29.8 Å². The Balaban J connectivity index is 2.35. The van der Waals surface area contributed by atoms with E-state index < -0.39 is 5.60 Å². The fraction of sp³-hybridized carbons (Fsp3) is 0.368. The van der Waals surface area contributed by atoms with Crippen molar-refractivity contribution in [2.45, 2.75) is 24.9 Å². The van der Waals surface area contributed by atoms with Gasteiger partial charge in [0.25, 0.3) is 0 Å². The summed E-state index contributed by atoms with van der Waals surface area (Å²) in [4.78, 5) is 11.1. The van der Waals surface area contributed by atoms with Gasteiger partial charge >= 0.3 is 0 Å². The summed E-state index contributed by atoms with van der Waals surface area (Å²) in [6, 6.07) is 18.7. The van der Waals surface area contributed by atoms with E-state index in [1.807, 2.05) is 60.7 Å². The van der Waals surface area contributed by atoms with E-state index in [2.05, 4.69) is 0 Å². The fourth-order valence-electron chi connectivity index (χ4n) is 2.80. The Morgan fingerprint density at radius 2 is 1.46 bits per heavy atom. The average Bonchev–Trinajstić information content (AvgIpc) is 2.62. The summed E-state index contributed by atoms with van der Waals surface area (Å²) in [5.41, 5.74) is 0.440. The van der Waals surface area contributed by atoms with Gasteiger partial charge in [0.1, 0.15) is 0 Å². The number of hydrogen-bond acceptors (Lipinski definition) is 4. The van der Waals surface area contributed by atoms with Gasteiger partial charge in [0.2, 0.25) is 6.54 Å². The monoisotopic (exact) mass is 329 g/mol. The van der Waals surface area contributed by atoms with Crippen LogP contribution >= 0.6 is 0 Å². The van der Waals surface area contributed by atoms with Crippen LogP contribution in [0.5, 0.6) is 0 Å². The smallest absolute Gasteiger partial charge is 0.240 e. The molecule has 0 radical (unpaired) electrons. The van der Waals surface area contributed by atoms with Crippen LogP contribution in [0.2, 0.25) is 0 Å². The lowest BCUT2D eigenvalue weighted by Crippen LogP contribution is -2.39. The second-order valence-corrected chi connectivity index (χ2v) is 5.68. The number of nitrogens with zero attached hydrogens (tertiary/aromatic N) is 1. The van der Waals surface area contributed by atoms with Crippen LogP contribution in [0.4, 0.5) is 0 Å². The van der Waals surface area contributed by atoms with E-state index in [4.69, 9.17) is 9.84 Å². The molecule has 2 aromatic carbocycles. The van der Waals surface area contributed by atoms with E-state index in [-0.39, 0.29) is 18.1 Å². The van der Waals surface area contributed by atoms with Crippen molar-refractivity contribution >= 4 is 0 Å². The topological polar surface area (TPSA) is 72.6 Å². The van der Waals surface area contributed by atoms with Crippen molar-refractivity contribution in [1.29, 1.82) is 0 Å². The number of nitro groups is 1. The molecule has 0 aromatic heterocycles. The number of aliphatic hydroxyl groups is 1. The maximum absolute atomic E-state index is 11.4. The SMILES string of the molecule is O=[N+]([O-])CC(OCCCCCO)(c1ccccc1)c1ccccc1. The van der Waals surface area contributed by atoms with Crippen LogP contribution < -0.4 is 0 Å². The molecule has 0 aliphatic carbocycles. The first-order valence-corrected chi connectivity index (χ1v) is 8.17. The Morgan fingerprint density at radius 1 is 0.917 bits per heavy atom. The molecule has 2 aromatic rings. The third-order valence-electron chi connectivity index (χ3n) is 3.98. The maximum Gasteiger partial charge on any atom is 0.240 e. The van der Waals surface area contributed by atoms with Crippen molar-refractivity contribution in [1.82, 2.24) is 0 Å². The highest BCUT2D eigenvalue weighted by Crippen LogP contribution is 2.34. The number of aliphatic hydroxyl groups excluding tert-OH is 1. The molecule has 2 rings (SSSR count). The zero-order valence-corrected chi connectivity index (χ0v) is 13.6. The second kappa shape index (κ2) is 9.15. The molecule has 0 amide bonds. The fourth-order valence-corrected chi connectivity index (χ4v) is 2.80. The summed E-state index contributed by atoms with van der Waals surface area (Å²) in [5, 5.41) is 20.3. The summed E-state index contributed by atoms with van der Waals surface area (Å²) in [7, 11) is 0. The number of unbranched alkanes of at least 4 members (excludes halogenated alkanes) is 2. The van der Waals surface area contributed by atoms with Crippen molar-refractivity contribution in [2.75, 3.05) is 19.8 Å². The van der Waals surface area contributed by atoms with Crippen molar-refractivity contribution in [3.63, 3.8) is 0 Å². The molecular formula is C19H23NO4. The maximum atomic E-state index is 11.4. The molecule has 0 saturated carbocycles. The van der Waals surface area contributed by atoms with Crippen LogP contribution in [0.3, 0.4) is 0 Å². The Bertz CT molecular complexity index is 576. The highest BCUT2D eigenvalue weighted by atomic mass is 16.6. The van der Waals surface area contributed by atoms with Crippen LogP contribution in [0.15, 0.2) is 60.7 Å². The first-order valence-electron chi connectivity index (χ1n) is 8.17.